The molecule has 6 N–H and O–H groups in total. The van der Waals surface area contributed by atoms with Crippen LogP contribution in [0.2, 0.25) is 0 Å². The van der Waals surface area contributed by atoms with E-state index in [0.29, 0.717) is 13.0 Å². The number of amides is 1. The lowest BCUT2D eigenvalue weighted by Gasteiger charge is -2.29. The summed E-state index contributed by atoms with van der Waals surface area (Å²) in [5.41, 5.74) is 19.5. The van der Waals surface area contributed by atoms with E-state index in [2.05, 4.69) is 12.1 Å². The first-order valence-electron chi connectivity index (χ1n) is 8.84. The molecule has 0 aliphatic carbocycles. The van der Waals surface area contributed by atoms with Crippen molar-refractivity contribution in [3.05, 3.63) is 71.8 Å². The molecule has 0 aliphatic rings. The first-order chi connectivity index (χ1) is 12.6. The largest absolute Gasteiger partial charge is 0.445 e. The maximum atomic E-state index is 12.5. The van der Waals surface area contributed by atoms with E-state index in [1.165, 1.54) is 10.5 Å². The highest BCUT2D eigenvalue weighted by molar-refractivity contribution is 5.68. The third-order valence-corrected chi connectivity index (χ3v) is 4.06. The minimum atomic E-state index is -0.580. The van der Waals surface area contributed by atoms with Crippen LogP contribution in [0.5, 0.6) is 0 Å². The second-order valence-corrected chi connectivity index (χ2v) is 6.29. The molecule has 140 valence electrons. The number of carbonyl (C=O) groups excluding carboxylic acids is 1. The van der Waals surface area contributed by atoms with Crippen LogP contribution >= 0.6 is 0 Å². The Morgan fingerprint density at radius 2 is 1.50 bits per heavy atom. The molecule has 0 radical (unpaired) electrons. The number of aryl methyl sites for hydroxylation is 1. The van der Waals surface area contributed by atoms with Gasteiger partial charge < -0.3 is 21.9 Å². The molecule has 0 aliphatic heterocycles. The zero-order valence-electron chi connectivity index (χ0n) is 15.0. The molecule has 2 rings (SSSR count). The summed E-state index contributed by atoms with van der Waals surface area (Å²) < 4.78 is 5.42. The quantitative estimate of drug-likeness (QED) is 0.597. The molecule has 0 saturated carbocycles. The van der Waals surface area contributed by atoms with Crippen molar-refractivity contribution in [3.63, 3.8) is 0 Å². The molecule has 1 atom stereocenters. The molecule has 0 aromatic heterocycles. The van der Waals surface area contributed by atoms with E-state index in [-0.39, 0.29) is 6.61 Å². The van der Waals surface area contributed by atoms with Crippen molar-refractivity contribution in [2.24, 2.45) is 17.2 Å². The molecular formula is C20H28N4O2. The Kier molecular flexibility index (Phi) is 8.08. The molecule has 6 heteroatoms. The zero-order chi connectivity index (χ0) is 18.8. The lowest BCUT2D eigenvalue weighted by atomic mass is 10.1. The number of hydrogen-bond acceptors (Lipinski definition) is 5. The van der Waals surface area contributed by atoms with Crippen LogP contribution in [0.1, 0.15) is 24.0 Å². The van der Waals surface area contributed by atoms with Gasteiger partial charge in [-0.2, -0.15) is 0 Å². The number of hydrogen-bond donors (Lipinski definition) is 3. The van der Waals surface area contributed by atoms with Crippen LogP contribution in [-0.2, 0) is 17.8 Å². The van der Waals surface area contributed by atoms with E-state index >= 15 is 0 Å². The van der Waals surface area contributed by atoms with Gasteiger partial charge in [-0.05, 0) is 24.0 Å². The van der Waals surface area contributed by atoms with E-state index in [1.54, 1.807) is 0 Å². The molecule has 1 amide bonds. The maximum Gasteiger partial charge on any atom is 0.411 e. The van der Waals surface area contributed by atoms with E-state index in [9.17, 15) is 4.79 Å². The Labute approximate surface area is 154 Å². The molecular weight excluding hydrogens is 328 g/mol. The lowest BCUT2D eigenvalue weighted by molar-refractivity contribution is 0.0777. The standard InChI is InChI=1S/C20H28N4O2/c21-18(22)14-19(23)24(13-7-12-16-8-3-1-4-9-16)20(25)26-15-17-10-5-2-6-11-17/h1-6,8-11,18-19H,7,12-15,21-23H2. The second-order valence-electron chi connectivity index (χ2n) is 6.29. The second kappa shape index (κ2) is 10.6. The minimum absolute atomic E-state index is 0.205. The molecule has 6 nitrogen and oxygen atoms in total. The average Bonchev–Trinajstić information content (AvgIpc) is 2.64. The molecule has 2 aromatic carbocycles. The van der Waals surface area contributed by atoms with Crippen molar-refractivity contribution in [1.82, 2.24) is 4.90 Å². The van der Waals surface area contributed by atoms with Gasteiger partial charge in [0, 0.05) is 13.0 Å². The normalized spacial score (nSPS) is 12.0. The highest BCUT2D eigenvalue weighted by Crippen LogP contribution is 2.10. The van der Waals surface area contributed by atoms with Crippen LogP contribution in [0.4, 0.5) is 4.79 Å². The van der Waals surface area contributed by atoms with Gasteiger partial charge in [0.05, 0.1) is 12.3 Å². The van der Waals surface area contributed by atoms with Gasteiger partial charge in [0.1, 0.15) is 6.61 Å². The fourth-order valence-electron chi connectivity index (χ4n) is 2.70. The van der Waals surface area contributed by atoms with Crippen molar-refractivity contribution >= 4 is 6.09 Å². The third-order valence-electron chi connectivity index (χ3n) is 4.06. The molecule has 0 fully saturated rings. The first-order valence-corrected chi connectivity index (χ1v) is 8.84. The number of ether oxygens (including phenoxy) is 1. The van der Waals surface area contributed by atoms with Crippen molar-refractivity contribution < 1.29 is 9.53 Å². The fourth-order valence-corrected chi connectivity index (χ4v) is 2.70. The summed E-state index contributed by atoms with van der Waals surface area (Å²) in [5, 5.41) is 0. The summed E-state index contributed by atoms with van der Waals surface area (Å²) in [6.45, 7) is 0.687. The average molecular weight is 356 g/mol. The van der Waals surface area contributed by atoms with Crippen molar-refractivity contribution in [3.8, 4) is 0 Å². The van der Waals surface area contributed by atoms with Gasteiger partial charge in [-0.3, -0.25) is 4.90 Å². The van der Waals surface area contributed by atoms with Gasteiger partial charge in [0.25, 0.3) is 0 Å². The molecule has 1 unspecified atom stereocenters. The molecule has 0 saturated heterocycles. The molecule has 26 heavy (non-hydrogen) atoms. The Morgan fingerprint density at radius 3 is 2.08 bits per heavy atom. The van der Waals surface area contributed by atoms with Gasteiger partial charge in [0.2, 0.25) is 0 Å². The topological polar surface area (TPSA) is 108 Å². The summed E-state index contributed by atoms with van der Waals surface area (Å²) in [5.74, 6) is 0. The monoisotopic (exact) mass is 356 g/mol. The predicted octanol–water partition coefficient (Wildman–Crippen LogP) is 2.18. The van der Waals surface area contributed by atoms with Crippen LogP contribution in [-0.4, -0.2) is 29.9 Å². The van der Waals surface area contributed by atoms with Gasteiger partial charge >= 0.3 is 6.09 Å². The number of rotatable bonds is 9. The number of benzene rings is 2. The molecule has 0 heterocycles. The van der Waals surface area contributed by atoms with Gasteiger partial charge in [0.15, 0.2) is 0 Å². The zero-order valence-corrected chi connectivity index (χ0v) is 15.0. The summed E-state index contributed by atoms with van der Waals surface area (Å²) in [7, 11) is 0. The smallest absolute Gasteiger partial charge is 0.411 e. The van der Waals surface area contributed by atoms with E-state index in [0.717, 1.165) is 18.4 Å². The van der Waals surface area contributed by atoms with Crippen LogP contribution in [0.25, 0.3) is 0 Å². The molecule has 0 spiro atoms. The lowest BCUT2D eigenvalue weighted by Crippen LogP contribution is -2.50. The Morgan fingerprint density at radius 1 is 0.923 bits per heavy atom. The number of nitrogens with zero attached hydrogens (tertiary/aromatic N) is 1. The van der Waals surface area contributed by atoms with Crippen LogP contribution in [0.3, 0.4) is 0 Å². The summed E-state index contributed by atoms with van der Waals surface area (Å²) in [6, 6.07) is 19.6. The maximum absolute atomic E-state index is 12.5. The first kappa shape index (κ1) is 19.9. The Bertz CT molecular complexity index is 649. The summed E-state index contributed by atoms with van der Waals surface area (Å²) in [4.78, 5) is 14.0. The Hall–Kier alpha value is -2.41. The summed E-state index contributed by atoms with van der Waals surface area (Å²) in [6.07, 6.45) is 0.335. The fraction of sp³-hybridized carbons (Fsp3) is 0.350. The van der Waals surface area contributed by atoms with Crippen LogP contribution < -0.4 is 17.2 Å². The highest BCUT2D eigenvalue weighted by Gasteiger charge is 2.22. The molecule has 0 bridgehead atoms. The van der Waals surface area contributed by atoms with Crippen molar-refractivity contribution in [2.45, 2.75) is 38.2 Å². The number of nitrogens with two attached hydrogens (primary N) is 3. The van der Waals surface area contributed by atoms with E-state index in [1.807, 2.05) is 48.5 Å². The van der Waals surface area contributed by atoms with Gasteiger partial charge in [-0.15, -0.1) is 0 Å². The number of carbonyl (C=O) groups is 1. The predicted molar refractivity (Wildman–Crippen MR) is 103 cm³/mol. The van der Waals surface area contributed by atoms with Crippen LogP contribution in [0, 0.1) is 0 Å². The van der Waals surface area contributed by atoms with E-state index < -0.39 is 18.4 Å². The van der Waals surface area contributed by atoms with Gasteiger partial charge in [-0.1, -0.05) is 60.7 Å². The van der Waals surface area contributed by atoms with E-state index in [4.69, 9.17) is 21.9 Å². The van der Waals surface area contributed by atoms with Crippen molar-refractivity contribution in [1.29, 1.82) is 0 Å². The minimum Gasteiger partial charge on any atom is -0.445 e. The third kappa shape index (κ3) is 6.84. The van der Waals surface area contributed by atoms with Crippen molar-refractivity contribution in [2.75, 3.05) is 6.54 Å². The Balaban J connectivity index is 1.91. The molecule has 2 aromatic rings. The van der Waals surface area contributed by atoms with Gasteiger partial charge in [-0.25, -0.2) is 4.79 Å². The summed E-state index contributed by atoms with van der Waals surface area (Å²) >= 11 is 0. The SMILES string of the molecule is NC(N)CC(N)N(CCCc1ccccc1)C(=O)OCc1ccccc1. The highest BCUT2D eigenvalue weighted by atomic mass is 16.6. The van der Waals surface area contributed by atoms with Crippen LogP contribution in [0.15, 0.2) is 60.7 Å².